The maximum Gasteiger partial charge on any atom is 0.227 e. The maximum atomic E-state index is 11.8. The molecule has 16 heavy (non-hydrogen) atoms. The summed E-state index contributed by atoms with van der Waals surface area (Å²) < 4.78 is 13.4. The van der Waals surface area contributed by atoms with Crippen molar-refractivity contribution in [3.63, 3.8) is 0 Å². The molecule has 6 heteroatoms. The minimum Gasteiger partial charge on any atom is -0.616 e. The van der Waals surface area contributed by atoms with Crippen LogP contribution in [0.2, 0.25) is 0 Å². The van der Waals surface area contributed by atoms with E-state index in [1.807, 2.05) is 4.68 Å². The number of carbonyl (C=O) groups is 1. The Labute approximate surface area is 96.6 Å². The average Bonchev–Trinajstić information content (AvgIpc) is 2.68. The summed E-state index contributed by atoms with van der Waals surface area (Å²) in [6, 6.07) is 0. The zero-order valence-electron chi connectivity index (χ0n) is 9.10. The first kappa shape index (κ1) is 10.2. The molecule has 1 amide bonds. The van der Waals surface area contributed by atoms with Gasteiger partial charge >= 0.3 is 0 Å². The van der Waals surface area contributed by atoms with E-state index in [1.54, 1.807) is 11.9 Å². The summed E-state index contributed by atoms with van der Waals surface area (Å²) in [6.07, 6.45) is 1.40. The molecule has 3 heterocycles. The molecule has 0 radical (unpaired) electrons. The largest absolute Gasteiger partial charge is 0.616 e. The normalized spacial score (nSPS) is 24.2. The third-order valence-electron chi connectivity index (χ3n) is 3.16. The number of aryl methyl sites for hydroxylation is 1. The Kier molecular flexibility index (Phi) is 2.22. The van der Waals surface area contributed by atoms with Crippen LogP contribution in [0.3, 0.4) is 0 Å². The Morgan fingerprint density at radius 3 is 3.06 bits per heavy atom. The van der Waals surface area contributed by atoms with Gasteiger partial charge in [-0.25, -0.2) is 4.68 Å². The Bertz CT molecular complexity index is 457. The van der Waals surface area contributed by atoms with Gasteiger partial charge in [-0.15, -0.1) is 0 Å². The van der Waals surface area contributed by atoms with Gasteiger partial charge in [0.25, 0.3) is 0 Å². The smallest absolute Gasteiger partial charge is 0.227 e. The van der Waals surface area contributed by atoms with Crippen molar-refractivity contribution in [2.75, 3.05) is 11.9 Å². The van der Waals surface area contributed by atoms with Crippen molar-refractivity contribution in [1.82, 2.24) is 9.78 Å². The molecule has 1 atom stereocenters. The van der Waals surface area contributed by atoms with Crippen molar-refractivity contribution in [3.05, 3.63) is 11.3 Å². The number of nitrogens with zero attached hydrogens (tertiary/aromatic N) is 3. The highest BCUT2D eigenvalue weighted by molar-refractivity contribution is 7.90. The molecule has 2 aliphatic rings. The Morgan fingerprint density at radius 2 is 2.25 bits per heavy atom. The number of amides is 1. The summed E-state index contributed by atoms with van der Waals surface area (Å²) in [5.41, 5.74) is 1.92. The minimum absolute atomic E-state index is 0.124. The molecular formula is C10H13N3O2S. The monoisotopic (exact) mass is 239 g/mol. The fourth-order valence-electron chi connectivity index (χ4n) is 2.36. The third kappa shape index (κ3) is 1.36. The van der Waals surface area contributed by atoms with E-state index in [0.717, 1.165) is 30.0 Å². The predicted molar refractivity (Wildman–Crippen MR) is 60.4 cm³/mol. The molecule has 86 valence electrons. The lowest BCUT2D eigenvalue weighted by Crippen LogP contribution is -2.26. The van der Waals surface area contributed by atoms with Crippen molar-refractivity contribution < 1.29 is 9.35 Å². The number of rotatable bonds is 0. The lowest BCUT2D eigenvalue weighted by molar-refractivity contribution is -0.118. The summed E-state index contributed by atoms with van der Waals surface area (Å²) in [5.74, 6) is 2.07. The van der Waals surface area contributed by atoms with Gasteiger partial charge in [0.05, 0.1) is 5.56 Å². The zero-order valence-corrected chi connectivity index (χ0v) is 9.92. The molecule has 0 bridgehead atoms. The van der Waals surface area contributed by atoms with Gasteiger partial charge in [-0.05, 0) is 17.6 Å². The van der Waals surface area contributed by atoms with Crippen molar-refractivity contribution in [2.45, 2.75) is 30.9 Å². The number of anilines is 1. The van der Waals surface area contributed by atoms with Crippen LogP contribution in [0.25, 0.3) is 0 Å². The third-order valence-corrected chi connectivity index (χ3v) is 4.37. The first-order valence-electron chi connectivity index (χ1n) is 5.37. The van der Waals surface area contributed by atoms with Crippen LogP contribution >= 0.6 is 0 Å². The Balaban J connectivity index is 2.10. The summed E-state index contributed by atoms with van der Waals surface area (Å²) in [7, 11) is 1.78. The van der Waals surface area contributed by atoms with E-state index in [-0.39, 0.29) is 5.91 Å². The number of carbonyl (C=O) groups excluding carboxylic acids is 1. The number of hydrogen-bond acceptors (Lipinski definition) is 3. The summed E-state index contributed by atoms with van der Waals surface area (Å²) in [4.78, 5) is 13.4. The van der Waals surface area contributed by atoms with Crippen LogP contribution in [0.5, 0.6) is 0 Å². The first-order chi connectivity index (χ1) is 7.66. The molecular weight excluding hydrogens is 226 g/mol. The molecule has 0 saturated carbocycles. The molecule has 0 aliphatic carbocycles. The van der Waals surface area contributed by atoms with Gasteiger partial charge in [-0.2, -0.15) is 5.10 Å². The van der Waals surface area contributed by atoms with Gasteiger partial charge in [0.2, 0.25) is 5.91 Å². The minimum atomic E-state index is -0.832. The van der Waals surface area contributed by atoms with Crippen LogP contribution in [0.4, 0.5) is 5.82 Å². The zero-order chi connectivity index (χ0) is 11.3. The Hall–Kier alpha value is -1.01. The van der Waals surface area contributed by atoms with Gasteiger partial charge in [-0.1, -0.05) is 0 Å². The van der Waals surface area contributed by atoms with Crippen LogP contribution in [0.15, 0.2) is 0 Å². The van der Waals surface area contributed by atoms with E-state index in [2.05, 4.69) is 5.10 Å². The molecule has 0 aromatic carbocycles. The highest BCUT2D eigenvalue weighted by Gasteiger charge is 2.34. The average molecular weight is 239 g/mol. The second kappa shape index (κ2) is 3.49. The fraction of sp³-hybridized carbons (Fsp3) is 0.600. The lowest BCUT2D eigenvalue weighted by Gasteiger charge is -2.16. The van der Waals surface area contributed by atoms with Crippen molar-refractivity contribution in [2.24, 2.45) is 0 Å². The van der Waals surface area contributed by atoms with Crippen LogP contribution < -0.4 is 4.90 Å². The second-order valence-electron chi connectivity index (χ2n) is 4.26. The van der Waals surface area contributed by atoms with Crippen molar-refractivity contribution in [3.8, 4) is 0 Å². The van der Waals surface area contributed by atoms with Gasteiger partial charge < -0.3 is 4.55 Å². The van der Waals surface area contributed by atoms with E-state index in [9.17, 15) is 9.35 Å². The lowest BCUT2D eigenvalue weighted by atomic mass is 10.2. The van der Waals surface area contributed by atoms with E-state index < -0.39 is 11.2 Å². The van der Waals surface area contributed by atoms with Crippen LogP contribution in [0, 0.1) is 0 Å². The molecule has 0 fully saturated rings. The summed E-state index contributed by atoms with van der Waals surface area (Å²) in [5, 5.41) is 4.46. The van der Waals surface area contributed by atoms with E-state index in [1.165, 1.54) is 0 Å². The molecule has 2 aliphatic heterocycles. The molecule has 1 aromatic rings. The van der Waals surface area contributed by atoms with Gasteiger partial charge in [0.1, 0.15) is 23.0 Å². The molecule has 1 aromatic heterocycles. The van der Waals surface area contributed by atoms with Crippen molar-refractivity contribution >= 4 is 22.9 Å². The highest BCUT2D eigenvalue weighted by Crippen LogP contribution is 2.34. The van der Waals surface area contributed by atoms with Crippen molar-refractivity contribution in [1.29, 1.82) is 0 Å². The summed E-state index contributed by atoms with van der Waals surface area (Å²) in [6.45, 7) is 0.783. The molecule has 0 spiro atoms. The second-order valence-corrected chi connectivity index (χ2v) is 5.71. The standard InChI is InChI=1S/C10H13N3O2S/c1-12-9(14)3-2-4-13-10(12)7-5-16(15)6-8(7)11-13/h2-6H2,1H3. The number of fused-ring (bicyclic) bond motifs is 3. The van der Waals surface area contributed by atoms with E-state index in [0.29, 0.717) is 17.9 Å². The topological polar surface area (TPSA) is 61.2 Å². The predicted octanol–water partition coefficient (Wildman–Crippen LogP) is 0.402. The molecule has 3 rings (SSSR count). The molecule has 0 N–H and O–H groups in total. The van der Waals surface area contributed by atoms with E-state index >= 15 is 0 Å². The first-order valence-corrected chi connectivity index (χ1v) is 6.85. The quantitative estimate of drug-likeness (QED) is 0.616. The van der Waals surface area contributed by atoms with Crippen LogP contribution in [0.1, 0.15) is 24.1 Å². The van der Waals surface area contributed by atoms with E-state index in [4.69, 9.17) is 0 Å². The van der Waals surface area contributed by atoms with Crippen LogP contribution in [-0.4, -0.2) is 27.3 Å². The molecule has 1 unspecified atom stereocenters. The van der Waals surface area contributed by atoms with Gasteiger partial charge in [-0.3, -0.25) is 9.69 Å². The van der Waals surface area contributed by atoms with Gasteiger partial charge in [0.15, 0.2) is 0 Å². The Morgan fingerprint density at radius 1 is 1.44 bits per heavy atom. The maximum absolute atomic E-state index is 11.8. The molecule has 0 saturated heterocycles. The van der Waals surface area contributed by atoms with Crippen LogP contribution in [-0.2, 0) is 34.0 Å². The summed E-state index contributed by atoms with van der Waals surface area (Å²) >= 11 is -0.832. The molecule has 5 nitrogen and oxygen atoms in total. The number of aromatic nitrogens is 2. The highest BCUT2D eigenvalue weighted by atomic mass is 32.2. The van der Waals surface area contributed by atoms with Gasteiger partial charge in [0, 0.05) is 20.0 Å². The number of hydrogen-bond donors (Lipinski definition) is 0. The SMILES string of the molecule is CN1C(=O)CCCn2nc3c(c21)C[S+]([O-])C3. The fourth-order valence-corrected chi connectivity index (χ4v) is 3.62.